The summed E-state index contributed by atoms with van der Waals surface area (Å²) in [4.78, 5) is 20.0. The smallest absolute Gasteiger partial charge is 0.226 e. The van der Waals surface area contributed by atoms with Crippen molar-refractivity contribution in [3.63, 3.8) is 0 Å². The summed E-state index contributed by atoms with van der Waals surface area (Å²) in [5.41, 5.74) is 2.64. The molecule has 0 atom stereocenters. The van der Waals surface area contributed by atoms with Gasteiger partial charge in [-0.1, -0.05) is 44.4 Å². The van der Waals surface area contributed by atoms with E-state index in [1.807, 2.05) is 35.2 Å². The van der Waals surface area contributed by atoms with E-state index in [0.717, 1.165) is 68.2 Å². The van der Waals surface area contributed by atoms with Gasteiger partial charge in [-0.25, -0.2) is 0 Å². The zero-order valence-electron chi connectivity index (χ0n) is 23.2. The highest BCUT2D eigenvalue weighted by Crippen LogP contribution is 2.33. The van der Waals surface area contributed by atoms with Crippen LogP contribution in [0.25, 0.3) is 0 Å². The van der Waals surface area contributed by atoms with Gasteiger partial charge in [-0.3, -0.25) is 4.79 Å². The van der Waals surface area contributed by atoms with Crippen molar-refractivity contribution in [3.8, 4) is 11.5 Å². The number of anilines is 1. The first-order valence-corrected chi connectivity index (χ1v) is 14.1. The van der Waals surface area contributed by atoms with Gasteiger partial charge in [-0.2, -0.15) is 0 Å². The second-order valence-electron chi connectivity index (χ2n) is 11.2. The first-order chi connectivity index (χ1) is 17.8. The molecule has 4 rings (SSSR count). The van der Waals surface area contributed by atoms with Crippen molar-refractivity contribution in [1.82, 2.24) is 9.80 Å². The lowest BCUT2D eigenvalue weighted by atomic mass is 9.81. The topological polar surface area (TPSA) is 56.2 Å². The Morgan fingerprint density at radius 1 is 0.946 bits per heavy atom. The molecule has 37 heavy (non-hydrogen) atoms. The van der Waals surface area contributed by atoms with Crippen LogP contribution in [0.3, 0.4) is 0 Å². The third-order valence-electron chi connectivity index (χ3n) is 8.30. The molecule has 0 spiro atoms. The van der Waals surface area contributed by atoms with Crippen LogP contribution in [-0.4, -0.2) is 72.7 Å². The summed E-state index contributed by atoms with van der Waals surface area (Å²) in [6.45, 7) is 11.7. The van der Waals surface area contributed by atoms with Crippen LogP contribution in [-0.2, 0) is 11.2 Å². The summed E-state index contributed by atoms with van der Waals surface area (Å²) in [5.74, 6) is 2.24. The lowest BCUT2D eigenvalue weighted by Crippen LogP contribution is -2.47. The summed E-state index contributed by atoms with van der Waals surface area (Å²) in [6, 6.07) is 14.3. The molecule has 6 nitrogen and oxygen atoms in total. The number of carbonyl (C=O) groups is 1. The summed E-state index contributed by atoms with van der Waals surface area (Å²) in [5, 5.41) is 11.1. The minimum Gasteiger partial charge on any atom is -0.457 e. The molecule has 1 amide bonds. The fourth-order valence-corrected chi connectivity index (χ4v) is 5.57. The lowest BCUT2D eigenvalue weighted by molar-refractivity contribution is -0.135. The average Bonchev–Trinajstić information content (AvgIpc) is 2.89. The Morgan fingerprint density at radius 3 is 2.22 bits per heavy atom. The summed E-state index contributed by atoms with van der Waals surface area (Å²) < 4.78 is 6.24. The summed E-state index contributed by atoms with van der Waals surface area (Å²) in [6.07, 6.45) is 4.71. The minimum atomic E-state index is -0.635. The number of piperazine rings is 1. The van der Waals surface area contributed by atoms with Crippen molar-refractivity contribution in [2.24, 2.45) is 5.92 Å². The number of likely N-dealkylation sites (N-methyl/N-ethyl adjacent to an activating group) is 1. The van der Waals surface area contributed by atoms with Gasteiger partial charge in [0, 0.05) is 51.0 Å². The van der Waals surface area contributed by atoms with Gasteiger partial charge < -0.3 is 24.5 Å². The standard InChI is InChI=1S/C31H45N3O3/c1-5-25(6-2)23-31(36)11-13-34(14-12-31)30(35)21-26-19-27(33-17-15-32(4)16-18-33)22-29(20-26)37-28-9-7-24(3)8-10-28/h7-10,19-20,22,25,36H,5-6,11-18,21,23H2,1-4H3. The van der Waals surface area contributed by atoms with E-state index in [1.165, 1.54) is 5.56 Å². The summed E-state index contributed by atoms with van der Waals surface area (Å²) in [7, 11) is 2.16. The first kappa shape index (κ1) is 27.5. The highest BCUT2D eigenvalue weighted by Gasteiger charge is 2.35. The number of rotatable bonds is 9. The average molecular weight is 508 g/mol. The Hall–Kier alpha value is -2.57. The predicted octanol–water partition coefficient (Wildman–Crippen LogP) is 5.26. The molecular weight excluding hydrogens is 462 g/mol. The first-order valence-electron chi connectivity index (χ1n) is 14.1. The monoisotopic (exact) mass is 507 g/mol. The van der Waals surface area contributed by atoms with Gasteiger partial charge in [0.05, 0.1) is 12.0 Å². The van der Waals surface area contributed by atoms with Gasteiger partial charge in [0.1, 0.15) is 11.5 Å². The quantitative estimate of drug-likeness (QED) is 0.502. The number of aryl methyl sites for hydroxylation is 1. The molecular formula is C31H45N3O3. The maximum absolute atomic E-state index is 13.3. The molecule has 6 heteroatoms. The normalized spacial score (nSPS) is 18.3. The molecule has 202 valence electrons. The molecule has 1 N–H and O–H groups in total. The van der Waals surface area contributed by atoms with Crippen molar-refractivity contribution in [2.75, 3.05) is 51.2 Å². The molecule has 0 aliphatic carbocycles. The van der Waals surface area contributed by atoms with Crippen LogP contribution in [0.1, 0.15) is 57.1 Å². The fourth-order valence-electron chi connectivity index (χ4n) is 5.57. The van der Waals surface area contributed by atoms with Gasteiger partial charge in [0.25, 0.3) is 0 Å². The zero-order chi connectivity index (χ0) is 26.4. The second-order valence-corrected chi connectivity index (χ2v) is 11.2. The number of hydrogen-bond donors (Lipinski definition) is 1. The van der Waals surface area contributed by atoms with Crippen LogP contribution in [0.5, 0.6) is 11.5 Å². The molecule has 2 heterocycles. The van der Waals surface area contributed by atoms with E-state index < -0.39 is 5.60 Å². The number of benzene rings is 2. The second kappa shape index (κ2) is 12.3. The third-order valence-corrected chi connectivity index (χ3v) is 8.30. The van der Waals surface area contributed by atoms with E-state index in [0.29, 0.717) is 38.3 Å². The Kier molecular flexibility index (Phi) is 9.14. The molecule has 0 radical (unpaired) electrons. The van der Waals surface area contributed by atoms with Crippen LogP contribution >= 0.6 is 0 Å². The number of aliphatic hydroxyl groups is 1. The van der Waals surface area contributed by atoms with Crippen LogP contribution in [0.15, 0.2) is 42.5 Å². The molecule has 0 aromatic heterocycles. The highest BCUT2D eigenvalue weighted by atomic mass is 16.5. The molecule has 0 bridgehead atoms. The van der Waals surface area contributed by atoms with Crippen molar-refractivity contribution < 1.29 is 14.6 Å². The molecule has 2 aliphatic rings. The molecule has 0 unspecified atom stereocenters. The SMILES string of the molecule is CCC(CC)CC1(O)CCN(C(=O)Cc2cc(Oc3ccc(C)cc3)cc(N3CCN(C)CC3)c2)CC1. The Labute approximate surface area is 223 Å². The van der Waals surface area contributed by atoms with E-state index in [4.69, 9.17) is 4.74 Å². The van der Waals surface area contributed by atoms with Gasteiger partial charge in [-0.15, -0.1) is 0 Å². The highest BCUT2D eigenvalue weighted by molar-refractivity contribution is 5.79. The molecule has 2 fully saturated rings. The number of likely N-dealkylation sites (tertiary alicyclic amines) is 1. The number of nitrogens with zero attached hydrogens (tertiary/aromatic N) is 3. The maximum Gasteiger partial charge on any atom is 0.226 e. The molecule has 2 aromatic rings. The fraction of sp³-hybridized carbons (Fsp3) is 0.581. The molecule has 2 aliphatic heterocycles. The zero-order valence-corrected chi connectivity index (χ0v) is 23.2. The van der Waals surface area contributed by atoms with Gasteiger partial charge in [0.2, 0.25) is 5.91 Å². The van der Waals surface area contributed by atoms with Crippen LogP contribution in [0, 0.1) is 12.8 Å². The lowest BCUT2D eigenvalue weighted by Gasteiger charge is -2.40. The summed E-state index contributed by atoms with van der Waals surface area (Å²) >= 11 is 0. The minimum absolute atomic E-state index is 0.126. The molecule has 2 saturated heterocycles. The van der Waals surface area contributed by atoms with Crippen LogP contribution < -0.4 is 9.64 Å². The van der Waals surface area contributed by atoms with E-state index in [-0.39, 0.29) is 5.91 Å². The number of amides is 1. The largest absolute Gasteiger partial charge is 0.457 e. The van der Waals surface area contributed by atoms with Gasteiger partial charge in [0.15, 0.2) is 0 Å². The molecule has 2 aromatic carbocycles. The van der Waals surface area contributed by atoms with Crippen molar-refractivity contribution >= 4 is 11.6 Å². The van der Waals surface area contributed by atoms with Crippen LogP contribution in [0.2, 0.25) is 0 Å². The van der Waals surface area contributed by atoms with Gasteiger partial charge in [-0.05, 0) is 69.0 Å². The Balaban J connectivity index is 1.46. The number of carbonyl (C=O) groups excluding carboxylic acids is 1. The Morgan fingerprint density at radius 2 is 1.59 bits per heavy atom. The number of piperidine rings is 1. The van der Waals surface area contributed by atoms with E-state index in [2.05, 4.69) is 49.8 Å². The number of hydrogen-bond acceptors (Lipinski definition) is 5. The van der Waals surface area contributed by atoms with Crippen LogP contribution in [0.4, 0.5) is 5.69 Å². The predicted molar refractivity (Wildman–Crippen MR) is 151 cm³/mol. The van der Waals surface area contributed by atoms with Crippen molar-refractivity contribution in [2.45, 2.75) is 64.9 Å². The van der Waals surface area contributed by atoms with Crippen molar-refractivity contribution in [1.29, 1.82) is 0 Å². The van der Waals surface area contributed by atoms with Crippen molar-refractivity contribution in [3.05, 3.63) is 53.6 Å². The van der Waals surface area contributed by atoms with E-state index >= 15 is 0 Å². The number of ether oxygens (including phenoxy) is 1. The maximum atomic E-state index is 13.3. The molecule has 0 saturated carbocycles. The Bertz CT molecular complexity index is 1020. The third kappa shape index (κ3) is 7.48. The van der Waals surface area contributed by atoms with Gasteiger partial charge >= 0.3 is 0 Å². The van der Waals surface area contributed by atoms with E-state index in [9.17, 15) is 9.90 Å². The van der Waals surface area contributed by atoms with E-state index in [1.54, 1.807) is 0 Å².